The summed E-state index contributed by atoms with van der Waals surface area (Å²) >= 11 is 0. The van der Waals surface area contributed by atoms with Gasteiger partial charge in [0.15, 0.2) is 0 Å². The molecule has 1 aliphatic carbocycles. The monoisotopic (exact) mass is 458 g/mol. The van der Waals surface area contributed by atoms with Gasteiger partial charge in [-0.1, -0.05) is 30.3 Å². The lowest BCUT2D eigenvalue weighted by molar-refractivity contribution is 0.102. The lowest BCUT2D eigenvalue weighted by atomic mass is 10.0. The summed E-state index contributed by atoms with van der Waals surface area (Å²) in [4.78, 5) is 25.3. The van der Waals surface area contributed by atoms with Crippen LogP contribution in [0, 0.1) is 0 Å². The summed E-state index contributed by atoms with van der Waals surface area (Å²) in [6.45, 7) is 0.0314. The van der Waals surface area contributed by atoms with Gasteiger partial charge in [0, 0.05) is 17.9 Å². The summed E-state index contributed by atoms with van der Waals surface area (Å²) < 4.78 is 0. The molecular formula is C27H30N4O3. The standard InChI is InChI=1S/C27H30N4O3/c28-23-7-1-2-8-25(23)30-26(33)20-12-10-19(11-13-20)24(9-4-16-32)31-27(34)29-22-15-14-18-5-3-6-21(18)17-22/h1-2,7-8,10-15,17,24,32H,3-6,9,16,28H2,(H,30,33)(H2,29,31,34). The lowest BCUT2D eigenvalue weighted by Gasteiger charge is -2.20. The zero-order chi connectivity index (χ0) is 23.9. The average molecular weight is 459 g/mol. The number of urea groups is 1. The quantitative estimate of drug-likeness (QED) is 0.316. The Morgan fingerprint density at radius 3 is 2.47 bits per heavy atom. The number of anilines is 3. The molecule has 1 unspecified atom stereocenters. The van der Waals surface area contributed by atoms with Crippen molar-refractivity contribution in [3.05, 3.63) is 89.0 Å². The number of carbonyl (C=O) groups is 2. The highest BCUT2D eigenvalue weighted by molar-refractivity contribution is 6.05. The highest BCUT2D eigenvalue weighted by atomic mass is 16.3. The predicted molar refractivity (Wildman–Crippen MR) is 135 cm³/mol. The second kappa shape index (κ2) is 10.9. The van der Waals surface area contributed by atoms with Gasteiger partial charge in [-0.25, -0.2) is 4.79 Å². The van der Waals surface area contributed by atoms with Gasteiger partial charge in [0.05, 0.1) is 17.4 Å². The van der Waals surface area contributed by atoms with Crippen LogP contribution in [0.1, 0.15) is 52.4 Å². The molecule has 34 heavy (non-hydrogen) atoms. The molecule has 0 fully saturated rings. The first-order chi connectivity index (χ1) is 16.5. The molecule has 176 valence electrons. The number of nitrogens with one attached hydrogen (secondary N) is 3. The number of rotatable bonds is 8. The van der Waals surface area contributed by atoms with E-state index in [2.05, 4.69) is 22.0 Å². The van der Waals surface area contributed by atoms with Gasteiger partial charge in [0.2, 0.25) is 0 Å². The Bertz CT molecular complexity index is 1160. The molecule has 0 saturated heterocycles. The molecule has 1 atom stereocenters. The van der Waals surface area contributed by atoms with Gasteiger partial charge in [-0.15, -0.1) is 0 Å². The summed E-state index contributed by atoms with van der Waals surface area (Å²) in [5, 5.41) is 18.0. The number of hydrogen-bond acceptors (Lipinski definition) is 4. The van der Waals surface area contributed by atoms with Crippen molar-refractivity contribution < 1.29 is 14.7 Å². The van der Waals surface area contributed by atoms with Crippen molar-refractivity contribution in [2.45, 2.75) is 38.1 Å². The first kappa shape index (κ1) is 23.3. The summed E-state index contributed by atoms with van der Waals surface area (Å²) in [5.41, 5.74) is 11.7. The molecule has 0 radical (unpaired) electrons. The molecule has 3 aromatic carbocycles. The minimum absolute atomic E-state index is 0.0314. The maximum atomic E-state index is 12.7. The van der Waals surface area contributed by atoms with E-state index >= 15 is 0 Å². The summed E-state index contributed by atoms with van der Waals surface area (Å²) in [5.74, 6) is -0.265. The van der Waals surface area contributed by atoms with E-state index in [1.54, 1.807) is 36.4 Å². The number of aliphatic hydroxyl groups excluding tert-OH is 1. The van der Waals surface area contributed by atoms with E-state index in [-0.39, 0.29) is 24.6 Å². The lowest BCUT2D eigenvalue weighted by Crippen LogP contribution is -2.32. The smallest absolute Gasteiger partial charge is 0.319 e. The molecule has 4 rings (SSSR count). The molecular weight excluding hydrogens is 428 g/mol. The Morgan fingerprint density at radius 2 is 1.71 bits per heavy atom. The van der Waals surface area contributed by atoms with E-state index in [0.29, 0.717) is 29.8 Å². The van der Waals surface area contributed by atoms with Crippen molar-refractivity contribution >= 4 is 29.0 Å². The molecule has 6 N–H and O–H groups in total. The van der Waals surface area contributed by atoms with Crippen LogP contribution >= 0.6 is 0 Å². The minimum atomic E-state index is -0.303. The zero-order valence-corrected chi connectivity index (χ0v) is 19.0. The van der Waals surface area contributed by atoms with Crippen molar-refractivity contribution in [1.82, 2.24) is 5.32 Å². The molecule has 3 amide bonds. The van der Waals surface area contributed by atoms with Crippen molar-refractivity contribution in [3.63, 3.8) is 0 Å². The molecule has 3 aromatic rings. The fourth-order valence-electron chi connectivity index (χ4n) is 4.26. The van der Waals surface area contributed by atoms with Gasteiger partial charge in [-0.3, -0.25) is 4.79 Å². The molecule has 0 aromatic heterocycles. The second-order valence-corrected chi connectivity index (χ2v) is 8.52. The van der Waals surface area contributed by atoms with E-state index < -0.39 is 0 Å². The molecule has 0 bridgehead atoms. The van der Waals surface area contributed by atoms with E-state index in [1.165, 1.54) is 11.1 Å². The van der Waals surface area contributed by atoms with Gasteiger partial charge in [0.1, 0.15) is 0 Å². The second-order valence-electron chi connectivity index (χ2n) is 8.52. The summed E-state index contributed by atoms with van der Waals surface area (Å²) in [6.07, 6.45) is 4.40. The fraction of sp³-hybridized carbons (Fsp3) is 0.259. The number of benzene rings is 3. The Morgan fingerprint density at radius 1 is 0.941 bits per heavy atom. The Kier molecular flexibility index (Phi) is 7.44. The third-order valence-electron chi connectivity index (χ3n) is 6.10. The van der Waals surface area contributed by atoms with Crippen LogP contribution in [0.2, 0.25) is 0 Å². The number of amides is 3. The first-order valence-corrected chi connectivity index (χ1v) is 11.6. The summed E-state index contributed by atoms with van der Waals surface area (Å²) in [6, 6.07) is 19.6. The van der Waals surface area contributed by atoms with Crippen LogP contribution in [0.5, 0.6) is 0 Å². The van der Waals surface area contributed by atoms with Crippen LogP contribution < -0.4 is 21.7 Å². The SMILES string of the molecule is Nc1ccccc1NC(=O)c1ccc(C(CCCO)NC(=O)Nc2ccc3c(c2)CCC3)cc1. The Balaban J connectivity index is 1.41. The molecule has 7 heteroatoms. The van der Waals surface area contributed by atoms with Crippen molar-refractivity contribution in [3.8, 4) is 0 Å². The number of nitrogens with two attached hydrogens (primary N) is 1. The number of carbonyl (C=O) groups excluding carboxylic acids is 2. The molecule has 0 aliphatic heterocycles. The van der Waals surface area contributed by atoms with Gasteiger partial charge < -0.3 is 26.8 Å². The van der Waals surface area contributed by atoms with Crippen LogP contribution in [0.3, 0.4) is 0 Å². The van der Waals surface area contributed by atoms with Crippen molar-refractivity contribution in [2.24, 2.45) is 0 Å². The summed E-state index contributed by atoms with van der Waals surface area (Å²) in [7, 11) is 0. The topological polar surface area (TPSA) is 116 Å². The molecule has 1 aliphatic rings. The van der Waals surface area contributed by atoms with E-state index in [0.717, 1.165) is 30.5 Å². The highest BCUT2D eigenvalue weighted by Crippen LogP contribution is 2.25. The van der Waals surface area contributed by atoms with Gasteiger partial charge in [-0.2, -0.15) is 0 Å². The number of para-hydroxylation sites is 2. The fourth-order valence-corrected chi connectivity index (χ4v) is 4.26. The van der Waals surface area contributed by atoms with Crippen LogP contribution in [-0.2, 0) is 12.8 Å². The van der Waals surface area contributed by atoms with Gasteiger partial charge in [-0.05, 0) is 85.2 Å². The minimum Gasteiger partial charge on any atom is -0.397 e. The van der Waals surface area contributed by atoms with E-state index in [1.807, 2.05) is 24.3 Å². The predicted octanol–water partition coefficient (Wildman–Crippen LogP) is 4.65. The molecule has 0 spiro atoms. The largest absolute Gasteiger partial charge is 0.397 e. The Labute approximate surface area is 199 Å². The van der Waals surface area contributed by atoms with Gasteiger partial charge in [0.25, 0.3) is 5.91 Å². The van der Waals surface area contributed by atoms with Crippen LogP contribution in [0.15, 0.2) is 66.7 Å². The number of fused-ring (bicyclic) bond motifs is 1. The van der Waals surface area contributed by atoms with Crippen molar-refractivity contribution in [1.29, 1.82) is 0 Å². The molecule has 0 saturated carbocycles. The third kappa shape index (κ3) is 5.74. The number of aryl methyl sites for hydroxylation is 2. The van der Waals surface area contributed by atoms with E-state index in [9.17, 15) is 14.7 Å². The first-order valence-electron chi connectivity index (χ1n) is 11.6. The van der Waals surface area contributed by atoms with Crippen LogP contribution in [-0.4, -0.2) is 23.7 Å². The highest BCUT2D eigenvalue weighted by Gasteiger charge is 2.17. The number of aliphatic hydroxyl groups is 1. The molecule has 0 heterocycles. The maximum Gasteiger partial charge on any atom is 0.319 e. The molecule has 7 nitrogen and oxygen atoms in total. The van der Waals surface area contributed by atoms with Crippen LogP contribution in [0.4, 0.5) is 21.9 Å². The number of hydrogen-bond donors (Lipinski definition) is 5. The van der Waals surface area contributed by atoms with Gasteiger partial charge >= 0.3 is 6.03 Å². The average Bonchev–Trinajstić information content (AvgIpc) is 3.31. The van der Waals surface area contributed by atoms with Crippen molar-refractivity contribution in [2.75, 3.05) is 23.0 Å². The maximum absolute atomic E-state index is 12.7. The van der Waals surface area contributed by atoms with Crippen LogP contribution in [0.25, 0.3) is 0 Å². The van der Waals surface area contributed by atoms with E-state index in [4.69, 9.17) is 5.73 Å². The normalized spacial score (nSPS) is 13.1. The number of nitrogen functional groups attached to an aromatic ring is 1. The third-order valence-corrected chi connectivity index (χ3v) is 6.10. The Hall–Kier alpha value is -3.84. The zero-order valence-electron chi connectivity index (χ0n) is 19.0.